The fourth-order valence-corrected chi connectivity index (χ4v) is 3.22. The number of aliphatic hydroxyl groups excluding tert-OH is 1. The molecule has 3 rings (SSSR count). The van der Waals surface area contributed by atoms with E-state index < -0.39 is 6.10 Å². The Morgan fingerprint density at radius 3 is 2.96 bits per heavy atom. The minimum Gasteiger partial charge on any atom is -0.391 e. The highest BCUT2D eigenvalue weighted by atomic mass is 16.3. The molecule has 0 radical (unpaired) electrons. The molecule has 1 saturated heterocycles. The molecule has 122 valence electrons. The summed E-state index contributed by atoms with van der Waals surface area (Å²) >= 11 is 0. The van der Waals surface area contributed by atoms with E-state index in [9.17, 15) is 9.90 Å². The average molecular weight is 313 g/mol. The zero-order valence-electron chi connectivity index (χ0n) is 13.4. The molecule has 0 spiro atoms. The van der Waals surface area contributed by atoms with Crippen LogP contribution in [0.15, 0.2) is 36.4 Å². The summed E-state index contributed by atoms with van der Waals surface area (Å²) in [6, 6.07) is 12.1. The second-order valence-corrected chi connectivity index (χ2v) is 6.17. The summed E-state index contributed by atoms with van der Waals surface area (Å²) < 4.78 is 0. The predicted molar refractivity (Wildman–Crippen MR) is 90.1 cm³/mol. The summed E-state index contributed by atoms with van der Waals surface area (Å²) in [5, 5.41) is 14.2. The number of β-amino-alcohol motifs (C(OH)–C–C–N with tert-alkyl or cyclic N) is 1. The summed E-state index contributed by atoms with van der Waals surface area (Å²) in [5.74, 6) is 0.141. The number of nitrogens with one attached hydrogen (secondary N) is 1. The number of likely N-dealkylation sites (tertiary alicyclic amines) is 1. The highest BCUT2D eigenvalue weighted by molar-refractivity contribution is 5.78. The van der Waals surface area contributed by atoms with Crippen molar-refractivity contribution in [1.82, 2.24) is 15.2 Å². The molecule has 5 nitrogen and oxygen atoms in total. The zero-order valence-corrected chi connectivity index (χ0v) is 13.4. The summed E-state index contributed by atoms with van der Waals surface area (Å²) in [5.41, 5.74) is 1.98. The van der Waals surface area contributed by atoms with Gasteiger partial charge in [-0.15, -0.1) is 0 Å². The Morgan fingerprint density at radius 2 is 2.13 bits per heavy atom. The molecule has 0 aliphatic carbocycles. The third-order valence-corrected chi connectivity index (χ3v) is 4.35. The predicted octanol–water partition coefficient (Wildman–Crippen LogP) is 1.21. The first-order chi connectivity index (χ1) is 11.2. The monoisotopic (exact) mass is 313 g/mol. The minimum atomic E-state index is -0.405. The number of fused-ring (bicyclic) bond motifs is 1. The minimum absolute atomic E-state index is 0.0178. The molecule has 2 heterocycles. The highest BCUT2D eigenvalue weighted by Gasteiger charge is 2.32. The van der Waals surface area contributed by atoms with Crippen molar-refractivity contribution in [2.24, 2.45) is 5.92 Å². The van der Waals surface area contributed by atoms with Crippen molar-refractivity contribution in [2.45, 2.75) is 19.4 Å². The first kappa shape index (κ1) is 15.9. The molecule has 1 aromatic heterocycles. The van der Waals surface area contributed by atoms with Crippen molar-refractivity contribution in [2.75, 3.05) is 26.2 Å². The van der Waals surface area contributed by atoms with Gasteiger partial charge in [0, 0.05) is 36.6 Å². The SMILES string of the molecule is CCNC(=O)CN1C[C@@H](Cc2ccc3ccccc3n2)[C@H](O)C1. The van der Waals surface area contributed by atoms with Crippen LogP contribution in [0.25, 0.3) is 10.9 Å². The number of aliphatic hydroxyl groups is 1. The van der Waals surface area contributed by atoms with Crippen molar-refractivity contribution >= 4 is 16.8 Å². The number of aromatic nitrogens is 1. The van der Waals surface area contributed by atoms with Gasteiger partial charge in [0.15, 0.2) is 0 Å². The summed E-state index contributed by atoms with van der Waals surface area (Å²) in [6.07, 6.45) is 0.329. The van der Waals surface area contributed by atoms with E-state index in [1.54, 1.807) is 0 Å². The number of carbonyl (C=O) groups is 1. The van der Waals surface area contributed by atoms with Gasteiger partial charge < -0.3 is 10.4 Å². The van der Waals surface area contributed by atoms with E-state index >= 15 is 0 Å². The van der Waals surface area contributed by atoms with Gasteiger partial charge in [0.25, 0.3) is 0 Å². The molecule has 23 heavy (non-hydrogen) atoms. The molecule has 1 aliphatic heterocycles. The molecule has 0 bridgehead atoms. The van der Waals surface area contributed by atoms with E-state index in [0.29, 0.717) is 19.6 Å². The Bertz CT molecular complexity index is 689. The number of nitrogens with zero attached hydrogens (tertiary/aromatic N) is 2. The van der Waals surface area contributed by atoms with Crippen LogP contribution < -0.4 is 5.32 Å². The van der Waals surface area contributed by atoms with Crippen LogP contribution in [0.5, 0.6) is 0 Å². The molecule has 5 heteroatoms. The molecular weight excluding hydrogens is 290 g/mol. The molecule has 1 amide bonds. The van der Waals surface area contributed by atoms with Crippen LogP contribution in [0.3, 0.4) is 0 Å². The highest BCUT2D eigenvalue weighted by Crippen LogP contribution is 2.22. The number of rotatable bonds is 5. The first-order valence-corrected chi connectivity index (χ1v) is 8.17. The van der Waals surface area contributed by atoms with Crippen LogP contribution in [0, 0.1) is 5.92 Å². The van der Waals surface area contributed by atoms with Gasteiger partial charge in [-0.3, -0.25) is 14.7 Å². The van der Waals surface area contributed by atoms with E-state index in [1.807, 2.05) is 42.2 Å². The second kappa shape index (κ2) is 7.06. The summed E-state index contributed by atoms with van der Waals surface area (Å²) in [4.78, 5) is 18.4. The fraction of sp³-hybridized carbons (Fsp3) is 0.444. The van der Waals surface area contributed by atoms with E-state index in [1.165, 1.54) is 0 Å². The molecule has 2 N–H and O–H groups in total. The van der Waals surface area contributed by atoms with E-state index in [-0.39, 0.29) is 11.8 Å². The first-order valence-electron chi connectivity index (χ1n) is 8.17. The Morgan fingerprint density at radius 1 is 1.30 bits per heavy atom. The number of likely N-dealkylation sites (N-methyl/N-ethyl adjacent to an activating group) is 1. The van der Waals surface area contributed by atoms with Gasteiger partial charge in [-0.25, -0.2) is 0 Å². The smallest absolute Gasteiger partial charge is 0.234 e. The van der Waals surface area contributed by atoms with Crippen LogP contribution in [-0.4, -0.2) is 53.2 Å². The lowest BCUT2D eigenvalue weighted by molar-refractivity contribution is -0.121. The number of hydrogen-bond acceptors (Lipinski definition) is 4. The van der Waals surface area contributed by atoms with Crippen molar-refractivity contribution in [3.05, 3.63) is 42.1 Å². The van der Waals surface area contributed by atoms with Gasteiger partial charge in [-0.05, 0) is 25.5 Å². The molecule has 0 unspecified atom stereocenters. The van der Waals surface area contributed by atoms with Crippen LogP contribution in [-0.2, 0) is 11.2 Å². The molecular formula is C18H23N3O2. The molecule has 1 aromatic carbocycles. The molecule has 1 aliphatic rings. The molecule has 2 atom stereocenters. The maximum absolute atomic E-state index is 11.7. The topological polar surface area (TPSA) is 65.5 Å². The standard InChI is InChI=1S/C18H23N3O2/c1-2-19-18(23)12-21-10-14(17(22)11-21)9-15-8-7-13-5-3-4-6-16(13)20-15/h3-8,14,17,22H,2,9-12H2,1H3,(H,19,23)/t14-,17-/m1/s1. The van der Waals surface area contributed by atoms with Crippen molar-refractivity contribution in [3.63, 3.8) is 0 Å². The van der Waals surface area contributed by atoms with Crippen LogP contribution >= 0.6 is 0 Å². The van der Waals surface area contributed by atoms with Gasteiger partial charge in [0.2, 0.25) is 5.91 Å². The van der Waals surface area contributed by atoms with Gasteiger partial charge in [0.05, 0.1) is 18.2 Å². The Labute approximate surface area is 136 Å². The zero-order chi connectivity index (χ0) is 16.2. The number of amides is 1. The van der Waals surface area contributed by atoms with E-state index in [2.05, 4.69) is 16.4 Å². The number of benzene rings is 1. The number of carbonyl (C=O) groups excluding carboxylic acids is 1. The quantitative estimate of drug-likeness (QED) is 0.871. The lowest BCUT2D eigenvalue weighted by Gasteiger charge is -2.15. The van der Waals surface area contributed by atoms with Crippen molar-refractivity contribution in [1.29, 1.82) is 0 Å². The third kappa shape index (κ3) is 3.86. The Balaban J connectivity index is 1.63. The molecule has 2 aromatic rings. The maximum Gasteiger partial charge on any atom is 0.234 e. The maximum atomic E-state index is 11.7. The van der Waals surface area contributed by atoms with Gasteiger partial charge in [-0.2, -0.15) is 0 Å². The van der Waals surface area contributed by atoms with Gasteiger partial charge in [0.1, 0.15) is 0 Å². The van der Waals surface area contributed by atoms with Crippen molar-refractivity contribution in [3.8, 4) is 0 Å². The number of para-hydroxylation sites is 1. The number of hydrogen-bond donors (Lipinski definition) is 2. The van der Waals surface area contributed by atoms with E-state index in [0.717, 1.165) is 29.6 Å². The molecule has 0 saturated carbocycles. The van der Waals surface area contributed by atoms with Gasteiger partial charge >= 0.3 is 0 Å². The van der Waals surface area contributed by atoms with Gasteiger partial charge in [-0.1, -0.05) is 24.3 Å². The molecule has 1 fully saturated rings. The summed E-state index contributed by atoms with van der Waals surface area (Å²) in [6.45, 7) is 4.18. The van der Waals surface area contributed by atoms with E-state index in [4.69, 9.17) is 0 Å². The normalized spacial score (nSPS) is 21.7. The number of pyridine rings is 1. The largest absolute Gasteiger partial charge is 0.391 e. The summed E-state index contributed by atoms with van der Waals surface area (Å²) in [7, 11) is 0. The van der Waals surface area contributed by atoms with Crippen LogP contribution in [0.4, 0.5) is 0 Å². The second-order valence-electron chi connectivity index (χ2n) is 6.17. The van der Waals surface area contributed by atoms with Crippen LogP contribution in [0.2, 0.25) is 0 Å². The lowest BCUT2D eigenvalue weighted by atomic mass is 9.99. The average Bonchev–Trinajstić information content (AvgIpc) is 2.87. The fourth-order valence-electron chi connectivity index (χ4n) is 3.22. The Hall–Kier alpha value is -1.98. The third-order valence-electron chi connectivity index (χ3n) is 4.35. The van der Waals surface area contributed by atoms with Crippen LogP contribution in [0.1, 0.15) is 12.6 Å². The Kier molecular flexibility index (Phi) is 4.88. The lowest BCUT2D eigenvalue weighted by Crippen LogP contribution is -2.36. The van der Waals surface area contributed by atoms with Crippen molar-refractivity contribution < 1.29 is 9.90 Å².